The van der Waals surface area contributed by atoms with Crippen molar-refractivity contribution in [1.82, 2.24) is 0 Å². The Bertz CT molecular complexity index is 318. The van der Waals surface area contributed by atoms with E-state index in [0.29, 0.717) is 0 Å². The summed E-state index contributed by atoms with van der Waals surface area (Å²) in [6.45, 7) is 2.14. The number of fused-ring (bicyclic) bond motifs is 1. The summed E-state index contributed by atoms with van der Waals surface area (Å²) >= 11 is 1.85. The molecule has 0 unspecified atom stereocenters. The van der Waals surface area contributed by atoms with Gasteiger partial charge in [0.15, 0.2) is 0 Å². The molecule has 0 radical (unpaired) electrons. The lowest BCUT2D eigenvalue weighted by Gasteiger charge is -1.82. The molecular formula is C10H12OS. The maximum Gasteiger partial charge on any atom is 0.0345 e. The molecule has 1 aromatic heterocycles. The third-order valence-corrected chi connectivity index (χ3v) is 2.58. The molecule has 0 fully saturated rings. The molecule has 0 amide bonds. The van der Waals surface area contributed by atoms with E-state index in [9.17, 15) is 0 Å². The zero-order chi connectivity index (χ0) is 8.97. The van der Waals surface area contributed by atoms with Crippen LogP contribution in [0, 0.1) is 6.92 Å². The van der Waals surface area contributed by atoms with E-state index in [4.69, 9.17) is 5.11 Å². The van der Waals surface area contributed by atoms with Crippen molar-refractivity contribution in [2.45, 2.75) is 6.92 Å². The molecule has 1 N–H and O–H groups in total. The summed E-state index contributed by atoms with van der Waals surface area (Å²) in [6.07, 6.45) is 0. The maximum absolute atomic E-state index is 7.00. The van der Waals surface area contributed by atoms with Crippen LogP contribution in [-0.2, 0) is 0 Å². The van der Waals surface area contributed by atoms with Gasteiger partial charge < -0.3 is 5.11 Å². The molecule has 0 saturated carbocycles. The van der Waals surface area contributed by atoms with Crippen LogP contribution >= 0.6 is 11.3 Å². The van der Waals surface area contributed by atoms with Crippen molar-refractivity contribution in [3.63, 3.8) is 0 Å². The van der Waals surface area contributed by atoms with E-state index in [0.717, 1.165) is 7.11 Å². The lowest BCUT2D eigenvalue weighted by molar-refractivity contribution is 0.399. The monoisotopic (exact) mass is 180 g/mol. The Labute approximate surface area is 76.3 Å². The molecule has 64 valence electrons. The first kappa shape index (κ1) is 9.23. The van der Waals surface area contributed by atoms with Gasteiger partial charge in [0.05, 0.1) is 0 Å². The van der Waals surface area contributed by atoms with Gasteiger partial charge in [0.1, 0.15) is 0 Å². The predicted molar refractivity (Wildman–Crippen MR) is 54.7 cm³/mol. The Kier molecular flexibility index (Phi) is 3.26. The summed E-state index contributed by atoms with van der Waals surface area (Å²) in [4.78, 5) is 1.39. The summed E-state index contributed by atoms with van der Waals surface area (Å²) < 4.78 is 1.39. The molecule has 1 nitrogen and oxygen atoms in total. The Morgan fingerprint density at radius 3 is 2.50 bits per heavy atom. The lowest BCUT2D eigenvalue weighted by atomic mass is 10.2. The highest BCUT2D eigenvalue weighted by Crippen LogP contribution is 2.23. The van der Waals surface area contributed by atoms with E-state index < -0.39 is 0 Å². The van der Waals surface area contributed by atoms with Crippen molar-refractivity contribution in [1.29, 1.82) is 0 Å². The van der Waals surface area contributed by atoms with Crippen LogP contribution < -0.4 is 0 Å². The van der Waals surface area contributed by atoms with Gasteiger partial charge in [-0.3, -0.25) is 0 Å². The van der Waals surface area contributed by atoms with Crippen molar-refractivity contribution < 1.29 is 5.11 Å². The van der Waals surface area contributed by atoms with Crippen LogP contribution in [0.1, 0.15) is 4.88 Å². The standard InChI is InChI=1S/C9H8S.CH4O/c1-7-6-8-4-2-3-5-9(8)10-7;1-2/h2-6H,1H3;2H,1H3. The lowest BCUT2D eigenvalue weighted by Crippen LogP contribution is -1.56. The number of thiophene rings is 1. The normalized spacial score (nSPS) is 9.25. The van der Waals surface area contributed by atoms with Crippen molar-refractivity contribution in [2.75, 3.05) is 7.11 Å². The minimum absolute atomic E-state index is 1.00. The second-order valence-corrected chi connectivity index (χ2v) is 3.68. The van der Waals surface area contributed by atoms with Gasteiger partial charge in [-0.25, -0.2) is 0 Å². The van der Waals surface area contributed by atoms with Gasteiger partial charge in [0.25, 0.3) is 0 Å². The van der Waals surface area contributed by atoms with Crippen molar-refractivity contribution >= 4 is 21.4 Å². The minimum Gasteiger partial charge on any atom is -0.400 e. The predicted octanol–water partition coefficient (Wildman–Crippen LogP) is 2.82. The summed E-state index contributed by atoms with van der Waals surface area (Å²) in [6, 6.07) is 10.7. The highest BCUT2D eigenvalue weighted by atomic mass is 32.1. The Morgan fingerprint density at radius 1 is 1.17 bits per heavy atom. The van der Waals surface area contributed by atoms with Gasteiger partial charge in [-0.2, -0.15) is 0 Å². The SMILES string of the molecule is CO.Cc1cc2ccccc2s1. The van der Waals surface area contributed by atoms with Crippen LogP contribution in [0.3, 0.4) is 0 Å². The van der Waals surface area contributed by atoms with Gasteiger partial charge in [-0.15, -0.1) is 11.3 Å². The van der Waals surface area contributed by atoms with E-state index in [1.807, 2.05) is 11.3 Å². The Hall–Kier alpha value is -0.860. The molecule has 0 atom stereocenters. The molecule has 0 saturated heterocycles. The average molecular weight is 180 g/mol. The number of rotatable bonds is 0. The van der Waals surface area contributed by atoms with E-state index in [2.05, 4.69) is 37.3 Å². The third kappa shape index (κ3) is 1.84. The number of aryl methyl sites for hydroxylation is 1. The number of aliphatic hydroxyl groups excluding tert-OH is 1. The quantitative estimate of drug-likeness (QED) is 0.661. The van der Waals surface area contributed by atoms with Crippen LogP contribution in [-0.4, -0.2) is 12.2 Å². The molecule has 2 rings (SSSR count). The van der Waals surface area contributed by atoms with Gasteiger partial charge >= 0.3 is 0 Å². The van der Waals surface area contributed by atoms with E-state index >= 15 is 0 Å². The van der Waals surface area contributed by atoms with E-state index in [-0.39, 0.29) is 0 Å². The van der Waals surface area contributed by atoms with Crippen LogP contribution in [0.4, 0.5) is 0 Å². The Morgan fingerprint density at radius 2 is 1.83 bits per heavy atom. The van der Waals surface area contributed by atoms with E-state index in [1.165, 1.54) is 15.0 Å². The van der Waals surface area contributed by atoms with Crippen LogP contribution in [0.25, 0.3) is 10.1 Å². The maximum atomic E-state index is 7.00. The Balaban J connectivity index is 0.000000336. The number of benzene rings is 1. The third-order valence-electron chi connectivity index (χ3n) is 1.55. The number of hydrogen-bond donors (Lipinski definition) is 1. The van der Waals surface area contributed by atoms with Crippen molar-refractivity contribution in [3.05, 3.63) is 35.2 Å². The van der Waals surface area contributed by atoms with Crippen molar-refractivity contribution in [3.8, 4) is 0 Å². The van der Waals surface area contributed by atoms with Crippen molar-refractivity contribution in [2.24, 2.45) is 0 Å². The molecule has 0 bridgehead atoms. The molecular weight excluding hydrogens is 168 g/mol. The zero-order valence-electron chi connectivity index (χ0n) is 7.24. The molecule has 1 heterocycles. The molecule has 0 aliphatic carbocycles. The van der Waals surface area contributed by atoms with Crippen LogP contribution in [0.2, 0.25) is 0 Å². The molecule has 0 spiro atoms. The topological polar surface area (TPSA) is 20.2 Å². The average Bonchev–Trinajstić information content (AvgIpc) is 2.48. The summed E-state index contributed by atoms with van der Waals surface area (Å²) in [5, 5.41) is 8.37. The van der Waals surface area contributed by atoms with Gasteiger partial charge in [0.2, 0.25) is 0 Å². The molecule has 2 aromatic rings. The fourth-order valence-corrected chi connectivity index (χ4v) is 2.04. The molecule has 0 aliphatic heterocycles. The van der Waals surface area contributed by atoms with Crippen LogP contribution in [0.5, 0.6) is 0 Å². The summed E-state index contributed by atoms with van der Waals surface area (Å²) in [5.74, 6) is 0. The molecule has 0 aliphatic rings. The van der Waals surface area contributed by atoms with Gasteiger partial charge in [-0.05, 0) is 24.4 Å². The molecule has 2 heteroatoms. The number of hydrogen-bond acceptors (Lipinski definition) is 2. The highest BCUT2D eigenvalue weighted by Gasteiger charge is 1.93. The first-order chi connectivity index (χ1) is 5.86. The first-order valence-corrected chi connectivity index (χ1v) is 4.58. The minimum atomic E-state index is 1.00. The fourth-order valence-electron chi connectivity index (χ4n) is 1.11. The first-order valence-electron chi connectivity index (χ1n) is 3.76. The number of aliphatic hydroxyl groups is 1. The second-order valence-electron chi connectivity index (χ2n) is 2.39. The summed E-state index contributed by atoms with van der Waals surface area (Å²) in [7, 11) is 1.00. The van der Waals surface area contributed by atoms with Crippen LogP contribution in [0.15, 0.2) is 30.3 Å². The largest absolute Gasteiger partial charge is 0.400 e. The van der Waals surface area contributed by atoms with Gasteiger partial charge in [0, 0.05) is 16.7 Å². The zero-order valence-corrected chi connectivity index (χ0v) is 8.06. The molecule has 12 heavy (non-hydrogen) atoms. The second kappa shape index (κ2) is 4.24. The smallest absolute Gasteiger partial charge is 0.0345 e. The van der Waals surface area contributed by atoms with Gasteiger partial charge in [-0.1, -0.05) is 18.2 Å². The molecule has 1 aromatic carbocycles. The van der Waals surface area contributed by atoms with E-state index in [1.54, 1.807) is 0 Å². The summed E-state index contributed by atoms with van der Waals surface area (Å²) in [5.41, 5.74) is 0. The fraction of sp³-hybridized carbons (Fsp3) is 0.200. The highest BCUT2D eigenvalue weighted by molar-refractivity contribution is 7.19.